The molecule has 0 spiro atoms. The summed E-state index contributed by atoms with van der Waals surface area (Å²) in [6.45, 7) is 3.94. The molecule has 10 radical (unpaired) electrons. The van der Waals surface area contributed by atoms with E-state index in [-0.39, 0.29) is 29.3 Å². The SMILES string of the molecule is CC[C@@H](O)[C]1[CH][CH][CH][CH]1.CC[C@H](O)[C]1[CH][CH][CH][CH]1.[Fe+2]. The van der Waals surface area contributed by atoms with Gasteiger partial charge in [0.2, 0.25) is 0 Å². The Morgan fingerprint density at radius 2 is 1.00 bits per heavy atom. The van der Waals surface area contributed by atoms with Gasteiger partial charge in [-0.2, -0.15) is 0 Å². The molecule has 2 nitrogen and oxygen atoms in total. The molecule has 2 saturated carbocycles. The zero-order valence-corrected chi connectivity index (χ0v) is 12.5. The van der Waals surface area contributed by atoms with Crippen molar-refractivity contribution in [1.82, 2.24) is 0 Å². The van der Waals surface area contributed by atoms with Crippen LogP contribution in [0.2, 0.25) is 0 Å². The first-order valence-electron chi connectivity index (χ1n) is 6.48. The molecule has 104 valence electrons. The summed E-state index contributed by atoms with van der Waals surface area (Å²) in [6, 6.07) is 0. The second kappa shape index (κ2) is 11.1. The molecule has 2 atom stereocenters. The Kier molecular flexibility index (Phi) is 11.4. The van der Waals surface area contributed by atoms with Gasteiger partial charge in [-0.25, -0.2) is 0 Å². The van der Waals surface area contributed by atoms with Crippen molar-refractivity contribution in [2.24, 2.45) is 0 Å². The van der Waals surface area contributed by atoms with E-state index in [1.54, 1.807) is 0 Å². The van der Waals surface area contributed by atoms with E-state index in [1.807, 2.05) is 65.2 Å². The minimum Gasteiger partial charge on any atom is -0.393 e. The Morgan fingerprint density at radius 3 is 1.21 bits per heavy atom. The Bertz CT molecular complexity index is 177. The monoisotopic (exact) mass is 302 g/mol. The summed E-state index contributed by atoms with van der Waals surface area (Å²) in [6.07, 6.45) is 16.6. The maximum atomic E-state index is 9.22. The zero-order valence-electron chi connectivity index (χ0n) is 11.4. The molecule has 0 unspecified atom stereocenters. The standard InChI is InChI=1S/2C8H11O.Fe/c2*1-2-8(9)7-5-3-4-6-7;/h2*3-6,8-9H,2H2,1H3;/q;;+2/t2*8-;/m10./s1. The van der Waals surface area contributed by atoms with Gasteiger partial charge in [-0.15, -0.1) is 0 Å². The molecular weight excluding hydrogens is 280 g/mol. The van der Waals surface area contributed by atoms with Crippen LogP contribution in [-0.2, 0) is 17.1 Å². The van der Waals surface area contributed by atoms with Crippen molar-refractivity contribution in [2.45, 2.75) is 38.9 Å². The molecule has 0 aliphatic heterocycles. The Hall–Kier alpha value is 0.439. The summed E-state index contributed by atoms with van der Waals surface area (Å²) in [5.74, 6) is 2.05. The Morgan fingerprint density at radius 1 is 0.737 bits per heavy atom. The topological polar surface area (TPSA) is 40.5 Å². The van der Waals surface area contributed by atoms with Crippen molar-refractivity contribution in [2.75, 3.05) is 0 Å². The third-order valence-corrected chi connectivity index (χ3v) is 2.92. The number of aliphatic hydroxyl groups is 2. The number of aliphatic hydroxyl groups excluding tert-OH is 2. The molecule has 19 heavy (non-hydrogen) atoms. The minimum absolute atomic E-state index is 0. The van der Waals surface area contributed by atoms with E-state index in [1.165, 1.54) is 0 Å². The van der Waals surface area contributed by atoms with E-state index in [0.717, 1.165) is 24.7 Å². The molecule has 2 aliphatic carbocycles. The van der Waals surface area contributed by atoms with Gasteiger partial charge in [-0.1, -0.05) is 13.8 Å². The van der Waals surface area contributed by atoms with Gasteiger partial charge in [0, 0.05) is 11.8 Å². The summed E-state index contributed by atoms with van der Waals surface area (Å²) in [5.41, 5.74) is 0. The van der Waals surface area contributed by atoms with Crippen LogP contribution in [0.15, 0.2) is 0 Å². The van der Waals surface area contributed by atoms with Crippen LogP contribution < -0.4 is 0 Å². The van der Waals surface area contributed by atoms with Crippen molar-refractivity contribution >= 4 is 0 Å². The van der Waals surface area contributed by atoms with Gasteiger partial charge in [0.05, 0.1) is 12.2 Å². The summed E-state index contributed by atoms with van der Waals surface area (Å²) in [4.78, 5) is 0. The van der Waals surface area contributed by atoms with Crippen molar-refractivity contribution in [3.8, 4) is 0 Å². The first-order valence-corrected chi connectivity index (χ1v) is 6.48. The molecule has 0 amide bonds. The zero-order chi connectivity index (χ0) is 13.4. The molecule has 2 fully saturated rings. The van der Waals surface area contributed by atoms with Crippen molar-refractivity contribution in [1.29, 1.82) is 0 Å². The molecule has 0 heterocycles. The van der Waals surface area contributed by atoms with Crippen LogP contribution in [0.25, 0.3) is 0 Å². The Balaban J connectivity index is 0.000000324. The minimum atomic E-state index is -0.264. The summed E-state index contributed by atoms with van der Waals surface area (Å²) in [5, 5.41) is 18.4. The van der Waals surface area contributed by atoms with Gasteiger partial charge >= 0.3 is 17.1 Å². The average molecular weight is 302 g/mol. The normalized spacial score (nSPS) is 23.4. The molecule has 2 aliphatic rings. The van der Waals surface area contributed by atoms with E-state index < -0.39 is 0 Å². The quantitative estimate of drug-likeness (QED) is 0.783. The fourth-order valence-corrected chi connectivity index (χ4v) is 1.69. The van der Waals surface area contributed by atoms with Crippen LogP contribution >= 0.6 is 0 Å². The number of hydrogen-bond acceptors (Lipinski definition) is 2. The van der Waals surface area contributed by atoms with Gasteiger partial charge in [0.1, 0.15) is 0 Å². The molecule has 0 bridgehead atoms. The van der Waals surface area contributed by atoms with E-state index in [0.29, 0.717) is 0 Å². The summed E-state index contributed by atoms with van der Waals surface area (Å²) < 4.78 is 0. The number of hydrogen-bond donors (Lipinski definition) is 2. The molecular formula is C16H22FeO2+2. The molecule has 0 aromatic heterocycles. The first-order chi connectivity index (χ1) is 8.69. The van der Waals surface area contributed by atoms with Crippen LogP contribution in [0.5, 0.6) is 0 Å². The van der Waals surface area contributed by atoms with E-state index in [9.17, 15) is 10.2 Å². The number of rotatable bonds is 4. The smallest absolute Gasteiger partial charge is 0.393 e. The van der Waals surface area contributed by atoms with Crippen LogP contribution in [0.4, 0.5) is 0 Å². The van der Waals surface area contributed by atoms with Gasteiger partial charge in [0.25, 0.3) is 0 Å². The average Bonchev–Trinajstić information content (AvgIpc) is 3.09. The summed E-state index contributed by atoms with van der Waals surface area (Å²) in [7, 11) is 0. The summed E-state index contributed by atoms with van der Waals surface area (Å²) >= 11 is 0. The Labute approximate surface area is 129 Å². The molecule has 0 aromatic rings. The third-order valence-electron chi connectivity index (χ3n) is 2.92. The van der Waals surface area contributed by atoms with Crippen LogP contribution in [0.1, 0.15) is 26.7 Å². The van der Waals surface area contributed by atoms with Gasteiger partial charge < -0.3 is 10.2 Å². The van der Waals surface area contributed by atoms with Gasteiger partial charge in [-0.05, 0) is 64.2 Å². The van der Waals surface area contributed by atoms with Crippen molar-refractivity contribution < 1.29 is 27.3 Å². The van der Waals surface area contributed by atoms with Gasteiger partial charge in [-0.3, -0.25) is 0 Å². The molecule has 2 N–H and O–H groups in total. The third kappa shape index (κ3) is 7.13. The van der Waals surface area contributed by atoms with E-state index in [4.69, 9.17) is 0 Å². The van der Waals surface area contributed by atoms with E-state index >= 15 is 0 Å². The molecule has 3 heteroatoms. The predicted octanol–water partition coefficient (Wildman–Crippen LogP) is 2.32. The second-order valence-corrected chi connectivity index (χ2v) is 4.28. The maximum absolute atomic E-state index is 9.22. The van der Waals surface area contributed by atoms with Crippen LogP contribution in [0, 0.1) is 63.2 Å². The van der Waals surface area contributed by atoms with Crippen LogP contribution in [0.3, 0.4) is 0 Å². The first kappa shape index (κ1) is 19.4. The van der Waals surface area contributed by atoms with Gasteiger partial charge in [0.15, 0.2) is 0 Å². The largest absolute Gasteiger partial charge is 2.00 e. The molecule has 0 aromatic carbocycles. The predicted molar refractivity (Wildman–Crippen MR) is 73.5 cm³/mol. The second-order valence-electron chi connectivity index (χ2n) is 4.28. The van der Waals surface area contributed by atoms with Crippen molar-refractivity contribution in [3.05, 3.63) is 63.2 Å². The fourth-order valence-electron chi connectivity index (χ4n) is 1.69. The van der Waals surface area contributed by atoms with E-state index in [2.05, 4.69) is 0 Å². The maximum Gasteiger partial charge on any atom is 2.00 e. The fraction of sp³-hybridized carbons (Fsp3) is 0.375. The molecule has 2 rings (SSSR count). The van der Waals surface area contributed by atoms with Crippen LogP contribution in [-0.4, -0.2) is 22.4 Å². The molecule has 0 saturated heterocycles. The van der Waals surface area contributed by atoms with Crippen molar-refractivity contribution in [3.63, 3.8) is 0 Å².